The summed E-state index contributed by atoms with van der Waals surface area (Å²) in [5, 5.41) is 0. The molecule has 0 aliphatic rings. The maximum Gasteiger partial charge on any atom is 0.122 e. The number of nitrogens with two attached hydrogens (primary N) is 1. The monoisotopic (exact) mass is 278 g/mol. The number of likely N-dealkylation sites (N-methyl/N-ethyl adjacent to an activating group) is 1. The quantitative estimate of drug-likeness (QED) is 0.706. The standard InChI is InChI=1S/C17H30N2O/c1-5-6-9-12-19(3)17(2,14-18)13-15-10-7-8-11-16(15)20-4/h7-8,10-11H,5-6,9,12-14,18H2,1-4H3. The Morgan fingerprint density at radius 1 is 1.25 bits per heavy atom. The summed E-state index contributed by atoms with van der Waals surface area (Å²) < 4.78 is 5.45. The van der Waals surface area contributed by atoms with E-state index in [2.05, 4.69) is 37.9 Å². The second-order valence-corrected chi connectivity index (χ2v) is 5.82. The number of para-hydroxylation sites is 1. The van der Waals surface area contributed by atoms with Crippen molar-refractivity contribution in [3.63, 3.8) is 0 Å². The van der Waals surface area contributed by atoms with Crippen molar-refractivity contribution in [2.45, 2.75) is 45.1 Å². The Kier molecular flexibility index (Phi) is 7.03. The molecule has 1 atom stereocenters. The first kappa shape index (κ1) is 17.0. The van der Waals surface area contributed by atoms with Gasteiger partial charge in [-0.1, -0.05) is 38.0 Å². The molecule has 0 aromatic heterocycles. The first-order chi connectivity index (χ1) is 9.57. The summed E-state index contributed by atoms with van der Waals surface area (Å²) in [6.45, 7) is 6.21. The number of ether oxygens (including phenoxy) is 1. The normalized spacial score (nSPS) is 14.3. The van der Waals surface area contributed by atoms with E-state index >= 15 is 0 Å². The van der Waals surface area contributed by atoms with Crippen LogP contribution in [0.15, 0.2) is 24.3 Å². The summed E-state index contributed by atoms with van der Waals surface area (Å²) in [4.78, 5) is 2.40. The minimum Gasteiger partial charge on any atom is -0.496 e. The van der Waals surface area contributed by atoms with Gasteiger partial charge in [0, 0.05) is 12.1 Å². The Morgan fingerprint density at radius 3 is 2.55 bits per heavy atom. The molecule has 20 heavy (non-hydrogen) atoms. The summed E-state index contributed by atoms with van der Waals surface area (Å²) in [5.74, 6) is 0.953. The van der Waals surface area contributed by atoms with E-state index in [1.54, 1.807) is 7.11 Å². The van der Waals surface area contributed by atoms with Gasteiger partial charge < -0.3 is 10.5 Å². The third-order valence-corrected chi connectivity index (χ3v) is 4.22. The molecule has 0 spiro atoms. The molecule has 2 N–H and O–H groups in total. The van der Waals surface area contributed by atoms with Gasteiger partial charge in [-0.05, 0) is 45.0 Å². The van der Waals surface area contributed by atoms with E-state index in [0.29, 0.717) is 6.54 Å². The van der Waals surface area contributed by atoms with E-state index in [1.165, 1.54) is 24.8 Å². The smallest absolute Gasteiger partial charge is 0.122 e. The van der Waals surface area contributed by atoms with Gasteiger partial charge in [-0.15, -0.1) is 0 Å². The molecule has 0 radical (unpaired) electrons. The van der Waals surface area contributed by atoms with Crippen molar-refractivity contribution in [1.82, 2.24) is 4.90 Å². The molecule has 0 amide bonds. The Bertz CT molecular complexity index is 394. The first-order valence-corrected chi connectivity index (χ1v) is 7.60. The lowest BCUT2D eigenvalue weighted by molar-refractivity contribution is 0.140. The number of methoxy groups -OCH3 is 1. The Balaban J connectivity index is 2.77. The number of hydrogen-bond acceptors (Lipinski definition) is 3. The maximum absolute atomic E-state index is 6.07. The van der Waals surface area contributed by atoms with Crippen LogP contribution in [0.1, 0.15) is 38.7 Å². The molecule has 0 saturated heterocycles. The van der Waals surface area contributed by atoms with Crippen LogP contribution in [0.25, 0.3) is 0 Å². The summed E-state index contributed by atoms with van der Waals surface area (Å²) in [7, 11) is 3.90. The van der Waals surface area contributed by atoms with Gasteiger partial charge in [-0.25, -0.2) is 0 Å². The van der Waals surface area contributed by atoms with Crippen molar-refractivity contribution in [1.29, 1.82) is 0 Å². The highest BCUT2D eigenvalue weighted by molar-refractivity contribution is 5.34. The van der Waals surface area contributed by atoms with Crippen molar-refractivity contribution in [3.8, 4) is 5.75 Å². The van der Waals surface area contributed by atoms with Gasteiger partial charge >= 0.3 is 0 Å². The highest BCUT2D eigenvalue weighted by Crippen LogP contribution is 2.25. The van der Waals surface area contributed by atoms with Gasteiger partial charge in [-0.2, -0.15) is 0 Å². The molecule has 1 unspecified atom stereocenters. The zero-order valence-corrected chi connectivity index (χ0v) is 13.5. The Hall–Kier alpha value is -1.06. The summed E-state index contributed by atoms with van der Waals surface area (Å²) >= 11 is 0. The average molecular weight is 278 g/mol. The fraction of sp³-hybridized carbons (Fsp3) is 0.647. The Morgan fingerprint density at radius 2 is 1.95 bits per heavy atom. The average Bonchev–Trinajstić information content (AvgIpc) is 2.47. The van der Waals surface area contributed by atoms with E-state index < -0.39 is 0 Å². The van der Waals surface area contributed by atoms with Crippen LogP contribution in [0, 0.1) is 0 Å². The van der Waals surface area contributed by atoms with Crippen LogP contribution in [-0.2, 0) is 6.42 Å². The molecule has 1 aromatic rings. The van der Waals surface area contributed by atoms with Gasteiger partial charge in [0.15, 0.2) is 0 Å². The molecule has 0 fully saturated rings. The van der Waals surface area contributed by atoms with Crippen molar-refractivity contribution in [2.24, 2.45) is 5.73 Å². The molecule has 1 aromatic carbocycles. The van der Waals surface area contributed by atoms with Crippen LogP contribution < -0.4 is 10.5 Å². The first-order valence-electron chi connectivity index (χ1n) is 7.60. The maximum atomic E-state index is 6.07. The summed E-state index contributed by atoms with van der Waals surface area (Å²) in [5.41, 5.74) is 7.27. The summed E-state index contributed by atoms with van der Waals surface area (Å²) in [6.07, 6.45) is 4.67. The van der Waals surface area contributed by atoms with Crippen molar-refractivity contribution in [3.05, 3.63) is 29.8 Å². The molecule has 0 bridgehead atoms. The van der Waals surface area contributed by atoms with Crippen LogP contribution in [0.5, 0.6) is 5.75 Å². The third-order valence-electron chi connectivity index (χ3n) is 4.22. The van der Waals surface area contributed by atoms with E-state index in [0.717, 1.165) is 18.7 Å². The van der Waals surface area contributed by atoms with Gasteiger partial charge in [0.25, 0.3) is 0 Å². The van der Waals surface area contributed by atoms with Crippen molar-refractivity contribution < 1.29 is 4.74 Å². The highest BCUT2D eigenvalue weighted by atomic mass is 16.5. The molecule has 0 aliphatic heterocycles. The van der Waals surface area contributed by atoms with Gasteiger partial charge in [0.1, 0.15) is 5.75 Å². The largest absolute Gasteiger partial charge is 0.496 e. The van der Waals surface area contributed by atoms with Gasteiger partial charge in [0.2, 0.25) is 0 Å². The number of benzene rings is 1. The summed E-state index contributed by atoms with van der Waals surface area (Å²) in [6, 6.07) is 8.22. The minimum atomic E-state index is -0.0254. The Labute approximate surface area is 124 Å². The second kappa shape index (κ2) is 8.28. The molecule has 0 aliphatic carbocycles. The SMILES string of the molecule is CCCCCN(C)C(C)(CN)Cc1ccccc1OC. The third kappa shape index (κ3) is 4.50. The van der Waals surface area contributed by atoms with E-state index in [-0.39, 0.29) is 5.54 Å². The molecular weight excluding hydrogens is 248 g/mol. The second-order valence-electron chi connectivity index (χ2n) is 5.82. The minimum absolute atomic E-state index is 0.0254. The molecule has 3 heteroatoms. The van der Waals surface area contributed by atoms with Crippen LogP contribution >= 0.6 is 0 Å². The topological polar surface area (TPSA) is 38.5 Å². The lowest BCUT2D eigenvalue weighted by Gasteiger charge is -2.38. The fourth-order valence-electron chi connectivity index (χ4n) is 2.49. The molecular formula is C17H30N2O. The number of unbranched alkanes of at least 4 members (excludes halogenated alkanes) is 2. The van der Waals surface area contributed by atoms with Crippen molar-refractivity contribution in [2.75, 3.05) is 27.2 Å². The zero-order chi connectivity index (χ0) is 15.0. The van der Waals surface area contributed by atoms with Gasteiger partial charge in [-0.3, -0.25) is 4.90 Å². The van der Waals surface area contributed by atoms with E-state index in [1.807, 2.05) is 12.1 Å². The number of nitrogens with zero attached hydrogens (tertiary/aromatic N) is 1. The highest BCUT2D eigenvalue weighted by Gasteiger charge is 2.28. The fourth-order valence-corrected chi connectivity index (χ4v) is 2.49. The molecule has 0 heterocycles. The van der Waals surface area contributed by atoms with Crippen LogP contribution in [0.4, 0.5) is 0 Å². The van der Waals surface area contributed by atoms with E-state index in [4.69, 9.17) is 10.5 Å². The number of hydrogen-bond donors (Lipinski definition) is 1. The lowest BCUT2D eigenvalue weighted by atomic mass is 9.90. The molecule has 1 rings (SSSR count). The molecule has 0 saturated carbocycles. The zero-order valence-electron chi connectivity index (χ0n) is 13.5. The lowest BCUT2D eigenvalue weighted by Crippen LogP contribution is -2.51. The molecule has 114 valence electrons. The van der Waals surface area contributed by atoms with Crippen LogP contribution in [0.2, 0.25) is 0 Å². The van der Waals surface area contributed by atoms with Crippen LogP contribution in [-0.4, -0.2) is 37.7 Å². The van der Waals surface area contributed by atoms with E-state index in [9.17, 15) is 0 Å². The predicted molar refractivity (Wildman–Crippen MR) is 86.3 cm³/mol. The van der Waals surface area contributed by atoms with Gasteiger partial charge in [0.05, 0.1) is 7.11 Å². The molecule has 3 nitrogen and oxygen atoms in total. The van der Waals surface area contributed by atoms with Crippen LogP contribution in [0.3, 0.4) is 0 Å². The predicted octanol–water partition coefficient (Wildman–Crippen LogP) is 3.08. The number of rotatable bonds is 9. The van der Waals surface area contributed by atoms with Crippen molar-refractivity contribution >= 4 is 0 Å².